The number of halogens is 3. The predicted molar refractivity (Wildman–Crippen MR) is 129 cm³/mol. The maximum absolute atomic E-state index is 13.9. The van der Waals surface area contributed by atoms with E-state index in [2.05, 4.69) is 4.37 Å². The molecule has 0 radical (unpaired) electrons. The van der Waals surface area contributed by atoms with E-state index in [9.17, 15) is 32.7 Å². The first kappa shape index (κ1) is 25.2. The minimum absolute atomic E-state index is 0.0571. The molecule has 0 aliphatic carbocycles. The van der Waals surface area contributed by atoms with Gasteiger partial charge in [-0.2, -0.15) is 17.5 Å². The number of H-pyrrole nitrogens is 1. The second-order valence-electron chi connectivity index (χ2n) is 8.31. The number of alkyl halides is 3. The van der Waals surface area contributed by atoms with Gasteiger partial charge in [0.2, 0.25) is 0 Å². The van der Waals surface area contributed by atoms with Crippen molar-refractivity contribution in [3.8, 4) is 28.1 Å². The van der Waals surface area contributed by atoms with Crippen LogP contribution in [0.15, 0.2) is 39.9 Å². The van der Waals surface area contributed by atoms with Crippen molar-refractivity contribution in [2.45, 2.75) is 33.1 Å². The molecule has 12 heteroatoms. The number of ether oxygens (including phenoxy) is 1. The first-order valence-corrected chi connectivity index (χ1v) is 11.4. The number of nitrogens with zero attached hydrogens (tertiary/aromatic N) is 2. The quantitative estimate of drug-likeness (QED) is 0.401. The molecule has 0 fully saturated rings. The molecule has 0 aliphatic heterocycles. The van der Waals surface area contributed by atoms with Gasteiger partial charge in [0.1, 0.15) is 11.4 Å². The molecule has 188 valence electrons. The molecular formula is C24H20F3N3O5S. The lowest BCUT2D eigenvalue weighted by molar-refractivity contribution is -0.144. The molecule has 0 saturated heterocycles. The van der Waals surface area contributed by atoms with Gasteiger partial charge in [0.05, 0.1) is 16.0 Å². The molecule has 8 nitrogen and oxygen atoms in total. The minimum Gasteiger partial charge on any atom is -0.479 e. The Hall–Kier alpha value is -3.93. The fraction of sp³-hybridized carbons (Fsp3) is 0.250. The fourth-order valence-electron chi connectivity index (χ4n) is 3.82. The van der Waals surface area contributed by atoms with Crippen molar-refractivity contribution >= 4 is 27.6 Å². The maximum Gasteiger partial charge on any atom is 0.432 e. The van der Waals surface area contributed by atoms with Crippen molar-refractivity contribution in [3.63, 3.8) is 0 Å². The summed E-state index contributed by atoms with van der Waals surface area (Å²) >= 11 is 1.09. The summed E-state index contributed by atoms with van der Waals surface area (Å²) in [6, 6.07) is 7.74. The van der Waals surface area contributed by atoms with Crippen LogP contribution in [0.5, 0.6) is 5.75 Å². The zero-order valence-corrected chi connectivity index (χ0v) is 20.3. The topological polar surface area (TPSA) is 114 Å². The highest BCUT2D eigenvalue weighted by molar-refractivity contribution is 7.13. The predicted octanol–water partition coefficient (Wildman–Crippen LogP) is 4.50. The second kappa shape index (κ2) is 8.94. The van der Waals surface area contributed by atoms with Crippen molar-refractivity contribution in [2.24, 2.45) is 7.05 Å². The van der Waals surface area contributed by atoms with Crippen LogP contribution in [0.3, 0.4) is 0 Å². The van der Waals surface area contributed by atoms with Crippen LogP contribution in [-0.4, -0.2) is 31.1 Å². The number of carbonyl (C=O) groups is 1. The van der Waals surface area contributed by atoms with Crippen LogP contribution >= 0.6 is 11.5 Å². The van der Waals surface area contributed by atoms with Gasteiger partial charge in [-0.1, -0.05) is 6.07 Å². The summed E-state index contributed by atoms with van der Waals surface area (Å²) in [6.07, 6.45) is -6.13. The van der Waals surface area contributed by atoms with E-state index in [1.54, 1.807) is 12.1 Å². The van der Waals surface area contributed by atoms with E-state index in [0.29, 0.717) is 25.9 Å². The van der Waals surface area contributed by atoms with Crippen molar-refractivity contribution in [1.82, 2.24) is 13.9 Å². The number of hydrogen-bond donors (Lipinski definition) is 2. The Bertz CT molecular complexity index is 1640. The summed E-state index contributed by atoms with van der Waals surface area (Å²) in [5, 5.41) is 9.73. The highest BCUT2D eigenvalue weighted by Gasteiger charge is 2.38. The molecule has 0 aliphatic rings. The van der Waals surface area contributed by atoms with Crippen LogP contribution in [0, 0.1) is 13.8 Å². The zero-order valence-electron chi connectivity index (χ0n) is 19.5. The van der Waals surface area contributed by atoms with E-state index in [0.717, 1.165) is 29.7 Å². The van der Waals surface area contributed by atoms with Gasteiger partial charge in [0, 0.05) is 18.0 Å². The van der Waals surface area contributed by atoms with Gasteiger partial charge in [-0.15, -0.1) is 0 Å². The number of aromatic amines is 1. The van der Waals surface area contributed by atoms with Crippen molar-refractivity contribution in [3.05, 3.63) is 68.0 Å². The Morgan fingerprint density at radius 3 is 2.47 bits per heavy atom. The number of carboxylic acids is 1. The number of benzene rings is 2. The molecule has 2 aromatic carbocycles. The molecule has 36 heavy (non-hydrogen) atoms. The van der Waals surface area contributed by atoms with Gasteiger partial charge in [-0.3, -0.25) is 14.3 Å². The molecule has 4 rings (SSSR count). The maximum atomic E-state index is 13.9. The summed E-state index contributed by atoms with van der Waals surface area (Å²) in [6.45, 7) is 5.06. The van der Waals surface area contributed by atoms with Crippen molar-refractivity contribution < 1.29 is 27.8 Å². The van der Waals surface area contributed by atoms with E-state index in [-0.39, 0.29) is 11.3 Å². The van der Waals surface area contributed by atoms with E-state index in [1.807, 2.05) is 18.8 Å². The highest BCUT2D eigenvalue weighted by atomic mass is 32.1. The summed E-state index contributed by atoms with van der Waals surface area (Å²) in [5.41, 5.74) is -1.93. The molecule has 0 amide bonds. The average molecular weight is 520 g/mol. The molecule has 1 atom stereocenters. The molecule has 1 unspecified atom stereocenters. The third kappa shape index (κ3) is 4.39. The highest BCUT2D eigenvalue weighted by Crippen LogP contribution is 2.41. The standard InChI is InChI=1S/C24H20F3N3O5S/c1-10-7-14(16(8-11(10)2)35-12(3)22(32)33)19-15-9-13(5-6-17(15)36-29-19)18-20(24(25,26)27)30(4)23(34)28-21(18)31/h5-9,12H,1-4H3,(H,32,33)(H,28,31,34). The van der Waals surface area contributed by atoms with Gasteiger partial charge in [-0.05, 0) is 73.3 Å². The molecule has 2 N–H and O–H groups in total. The number of hydrogen-bond acceptors (Lipinski definition) is 6. The molecule has 0 bridgehead atoms. The average Bonchev–Trinajstić information content (AvgIpc) is 3.20. The molecule has 0 saturated carbocycles. The Balaban J connectivity index is 1.99. The van der Waals surface area contributed by atoms with Crippen LogP contribution in [-0.2, 0) is 18.0 Å². The monoisotopic (exact) mass is 519 g/mol. The lowest BCUT2D eigenvalue weighted by Crippen LogP contribution is -2.35. The summed E-state index contributed by atoms with van der Waals surface area (Å²) in [5.74, 6) is -0.917. The normalized spacial score (nSPS) is 12.6. The van der Waals surface area contributed by atoms with Gasteiger partial charge >= 0.3 is 17.8 Å². The second-order valence-corrected chi connectivity index (χ2v) is 9.12. The number of aliphatic carboxylic acids is 1. The molecular weight excluding hydrogens is 499 g/mol. The number of aromatic nitrogens is 3. The lowest BCUT2D eigenvalue weighted by Gasteiger charge is -2.17. The summed E-state index contributed by atoms with van der Waals surface area (Å²) in [7, 11) is 0.934. The minimum atomic E-state index is -4.97. The van der Waals surface area contributed by atoms with E-state index in [1.165, 1.54) is 25.1 Å². The smallest absolute Gasteiger partial charge is 0.432 e. The van der Waals surface area contributed by atoms with Crippen molar-refractivity contribution in [1.29, 1.82) is 0 Å². The molecule has 4 aromatic rings. The molecule has 2 aromatic heterocycles. The van der Waals surface area contributed by atoms with Gasteiger partial charge in [0.25, 0.3) is 5.56 Å². The fourth-order valence-corrected chi connectivity index (χ4v) is 4.59. The number of carboxylic acid groups (broad SMARTS) is 1. The van der Waals surface area contributed by atoms with Crippen LogP contribution in [0.1, 0.15) is 23.7 Å². The van der Waals surface area contributed by atoms with Crippen molar-refractivity contribution in [2.75, 3.05) is 0 Å². The summed E-state index contributed by atoms with van der Waals surface area (Å²) < 4.78 is 52.8. The van der Waals surface area contributed by atoms with Gasteiger partial charge < -0.3 is 9.84 Å². The Morgan fingerprint density at radius 1 is 1.17 bits per heavy atom. The summed E-state index contributed by atoms with van der Waals surface area (Å²) in [4.78, 5) is 37.7. The number of fused-ring (bicyclic) bond motifs is 1. The van der Waals surface area contributed by atoms with Gasteiger partial charge in [0.15, 0.2) is 6.10 Å². The lowest BCUT2D eigenvalue weighted by atomic mass is 9.98. The number of aryl methyl sites for hydroxylation is 2. The van der Waals surface area contributed by atoms with Crippen LogP contribution < -0.4 is 16.0 Å². The Kier molecular flexibility index (Phi) is 6.25. The van der Waals surface area contributed by atoms with Gasteiger partial charge in [-0.25, -0.2) is 9.59 Å². The third-order valence-electron chi connectivity index (χ3n) is 5.85. The number of nitrogens with one attached hydrogen (secondary N) is 1. The largest absolute Gasteiger partial charge is 0.479 e. The molecule has 0 spiro atoms. The SMILES string of the molecule is Cc1cc(OC(C)C(=O)O)c(-c2nsc3ccc(-c4c(C(F)(F)F)n(C)c(=O)[nH]c4=O)cc23)cc1C. The van der Waals surface area contributed by atoms with E-state index in [4.69, 9.17) is 4.74 Å². The third-order valence-corrected chi connectivity index (χ3v) is 6.68. The zero-order chi connectivity index (χ0) is 26.5. The van der Waals surface area contributed by atoms with E-state index < -0.39 is 40.8 Å². The van der Waals surface area contributed by atoms with Crippen LogP contribution in [0.25, 0.3) is 32.5 Å². The van der Waals surface area contributed by atoms with E-state index >= 15 is 0 Å². The van der Waals surface area contributed by atoms with Crippen LogP contribution in [0.2, 0.25) is 0 Å². The number of rotatable bonds is 5. The Labute approximate surface area is 205 Å². The first-order chi connectivity index (χ1) is 16.8. The molecule has 2 heterocycles. The Morgan fingerprint density at radius 2 is 1.83 bits per heavy atom. The first-order valence-electron chi connectivity index (χ1n) is 10.6. The van der Waals surface area contributed by atoms with Crippen LogP contribution in [0.4, 0.5) is 13.2 Å².